The van der Waals surface area contributed by atoms with Crippen LogP contribution in [0.25, 0.3) is 29.1 Å². The molecule has 2 N–H and O–H groups in total. The average molecular weight is 407 g/mol. The van der Waals surface area contributed by atoms with Gasteiger partial charge in [0, 0.05) is 0 Å². The Balaban J connectivity index is 1.86. The van der Waals surface area contributed by atoms with Crippen LogP contribution in [0, 0.1) is 0 Å². The predicted molar refractivity (Wildman–Crippen MR) is 117 cm³/mol. The molecule has 0 spiro atoms. The lowest BCUT2D eigenvalue weighted by atomic mass is 10.1. The number of hydrogen-bond donors (Lipinski definition) is 2. The quantitative estimate of drug-likeness (QED) is 0.546. The molecule has 4 rings (SSSR count). The minimum atomic E-state index is -0.229. The Kier molecular flexibility index (Phi) is 4.91. The fourth-order valence-electron chi connectivity index (χ4n) is 3.25. The van der Waals surface area contributed by atoms with E-state index in [9.17, 15) is 9.90 Å². The van der Waals surface area contributed by atoms with Crippen LogP contribution in [0.4, 0.5) is 0 Å². The summed E-state index contributed by atoms with van der Waals surface area (Å²) < 4.78 is 6.87. The van der Waals surface area contributed by atoms with Gasteiger partial charge in [0.2, 0.25) is 0 Å². The molecule has 3 aromatic carbocycles. The van der Waals surface area contributed by atoms with Gasteiger partial charge < -0.3 is 9.84 Å². The maximum Gasteiger partial charge on any atom is 0.279 e. The highest BCUT2D eigenvalue weighted by atomic mass is 35.5. The van der Waals surface area contributed by atoms with E-state index in [-0.39, 0.29) is 22.1 Å². The number of aromatic nitrogens is 2. The van der Waals surface area contributed by atoms with Crippen LogP contribution in [0.2, 0.25) is 5.02 Å². The van der Waals surface area contributed by atoms with Crippen molar-refractivity contribution in [2.45, 2.75) is 6.92 Å². The lowest BCUT2D eigenvalue weighted by Crippen LogP contribution is -2.33. The van der Waals surface area contributed by atoms with E-state index in [1.165, 1.54) is 4.68 Å². The summed E-state index contributed by atoms with van der Waals surface area (Å²) in [5.74, 6) is 0.144. The number of aromatic amines is 1. The molecule has 6 heteroatoms. The van der Waals surface area contributed by atoms with E-state index in [0.717, 1.165) is 16.5 Å². The number of benzene rings is 3. The highest BCUT2D eigenvalue weighted by Crippen LogP contribution is 2.35. The van der Waals surface area contributed by atoms with Crippen LogP contribution >= 0.6 is 11.6 Å². The third-order valence-corrected chi connectivity index (χ3v) is 4.95. The fourth-order valence-corrected chi connectivity index (χ4v) is 3.47. The third kappa shape index (κ3) is 3.52. The number of halogens is 1. The Morgan fingerprint density at radius 1 is 1.17 bits per heavy atom. The zero-order valence-corrected chi connectivity index (χ0v) is 16.5. The molecule has 1 heterocycles. The molecule has 0 fully saturated rings. The Labute approximate surface area is 171 Å². The van der Waals surface area contributed by atoms with Crippen molar-refractivity contribution in [2.75, 3.05) is 6.61 Å². The molecule has 0 aliphatic heterocycles. The van der Waals surface area contributed by atoms with E-state index in [0.29, 0.717) is 22.7 Å². The van der Waals surface area contributed by atoms with Crippen molar-refractivity contribution < 1.29 is 9.84 Å². The molecular weight excluding hydrogens is 388 g/mol. The number of phenolic OH excluding ortho intramolecular Hbond substituents is 1. The van der Waals surface area contributed by atoms with Crippen molar-refractivity contribution in [1.29, 1.82) is 0 Å². The SMILES string of the molecule is C=c1[nH]n(-c2ccc3ccccc3c2)c(=O)/c1=C/c1cc(Cl)c(O)c(OCC)c1. The molecule has 4 aromatic rings. The zero-order valence-electron chi connectivity index (χ0n) is 15.8. The standard InChI is InChI=1S/C23H19ClN2O3/c1-3-29-21-12-15(11-20(24)22(21)27)10-19-14(2)25-26(23(19)28)18-9-8-16-6-4-5-7-17(16)13-18/h4-13,25,27H,2-3H2,1H3/b19-10+. The molecule has 5 nitrogen and oxygen atoms in total. The number of nitrogens with one attached hydrogen (secondary N) is 1. The maximum atomic E-state index is 13.0. The van der Waals surface area contributed by atoms with Gasteiger partial charge in [0.25, 0.3) is 5.56 Å². The molecule has 146 valence electrons. The van der Waals surface area contributed by atoms with Crippen molar-refractivity contribution >= 4 is 35.0 Å². The molecule has 0 radical (unpaired) electrons. The number of fused-ring (bicyclic) bond motifs is 1. The van der Waals surface area contributed by atoms with Crippen LogP contribution < -0.4 is 20.9 Å². The summed E-state index contributed by atoms with van der Waals surface area (Å²) in [6.45, 7) is 6.16. The van der Waals surface area contributed by atoms with Crippen LogP contribution in [0.3, 0.4) is 0 Å². The molecular formula is C23H19ClN2O3. The number of ether oxygens (including phenoxy) is 1. The van der Waals surface area contributed by atoms with E-state index < -0.39 is 0 Å². The number of rotatable bonds is 4. The lowest BCUT2D eigenvalue weighted by molar-refractivity contribution is 0.318. The molecule has 0 saturated heterocycles. The van der Waals surface area contributed by atoms with Gasteiger partial charge in [0.05, 0.1) is 27.9 Å². The summed E-state index contributed by atoms with van der Waals surface area (Å²) >= 11 is 6.10. The van der Waals surface area contributed by atoms with Crippen LogP contribution in [0.5, 0.6) is 11.5 Å². The summed E-state index contributed by atoms with van der Waals surface area (Å²) in [7, 11) is 0. The maximum absolute atomic E-state index is 13.0. The number of nitrogens with zero attached hydrogens (tertiary/aromatic N) is 1. The summed E-state index contributed by atoms with van der Waals surface area (Å²) in [4.78, 5) is 13.0. The van der Waals surface area contributed by atoms with Gasteiger partial charge in [0.1, 0.15) is 0 Å². The summed E-state index contributed by atoms with van der Waals surface area (Å²) in [5.41, 5.74) is 1.12. The monoisotopic (exact) mass is 406 g/mol. The zero-order chi connectivity index (χ0) is 20.5. The van der Waals surface area contributed by atoms with Crippen LogP contribution in [0.1, 0.15) is 12.5 Å². The molecule has 0 aliphatic carbocycles. The van der Waals surface area contributed by atoms with E-state index in [4.69, 9.17) is 16.3 Å². The summed E-state index contributed by atoms with van der Waals surface area (Å²) in [5, 5.41) is 16.2. The van der Waals surface area contributed by atoms with Gasteiger partial charge in [-0.05, 0) is 53.6 Å². The molecule has 29 heavy (non-hydrogen) atoms. The first-order valence-corrected chi connectivity index (χ1v) is 9.52. The molecule has 0 bridgehead atoms. The normalized spacial score (nSPS) is 11.9. The van der Waals surface area contributed by atoms with E-state index >= 15 is 0 Å². The van der Waals surface area contributed by atoms with Crippen molar-refractivity contribution in [3.05, 3.63) is 86.1 Å². The van der Waals surface area contributed by atoms with E-state index in [1.807, 2.05) is 49.4 Å². The van der Waals surface area contributed by atoms with Gasteiger partial charge in [-0.1, -0.05) is 48.5 Å². The van der Waals surface area contributed by atoms with Gasteiger partial charge in [-0.15, -0.1) is 0 Å². The topological polar surface area (TPSA) is 67.2 Å². The Morgan fingerprint density at radius 2 is 1.93 bits per heavy atom. The molecule has 0 saturated carbocycles. The van der Waals surface area contributed by atoms with Gasteiger partial charge in [-0.2, -0.15) is 0 Å². The third-order valence-electron chi connectivity index (χ3n) is 4.66. The lowest BCUT2D eigenvalue weighted by Gasteiger charge is -2.08. The van der Waals surface area contributed by atoms with Crippen molar-refractivity contribution in [3.8, 4) is 17.2 Å². The van der Waals surface area contributed by atoms with Crippen LogP contribution in [-0.4, -0.2) is 21.5 Å². The largest absolute Gasteiger partial charge is 0.503 e. The van der Waals surface area contributed by atoms with E-state index in [1.54, 1.807) is 18.2 Å². The first kappa shape index (κ1) is 18.9. The summed E-state index contributed by atoms with van der Waals surface area (Å²) in [6.07, 6.45) is 1.67. The fraction of sp³-hybridized carbons (Fsp3) is 0.0870. The summed E-state index contributed by atoms with van der Waals surface area (Å²) in [6, 6.07) is 17.0. The smallest absolute Gasteiger partial charge is 0.279 e. The van der Waals surface area contributed by atoms with Crippen LogP contribution in [0.15, 0.2) is 59.4 Å². The van der Waals surface area contributed by atoms with Crippen LogP contribution in [-0.2, 0) is 0 Å². The molecule has 0 unspecified atom stereocenters. The van der Waals surface area contributed by atoms with Gasteiger partial charge >= 0.3 is 0 Å². The number of H-pyrrole nitrogens is 1. The number of aromatic hydroxyl groups is 1. The molecule has 1 aromatic heterocycles. The first-order chi connectivity index (χ1) is 14.0. The van der Waals surface area contributed by atoms with Gasteiger partial charge in [-0.3, -0.25) is 9.89 Å². The predicted octanol–water partition coefficient (Wildman–Crippen LogP) is 3.32. The minimum absolute atomic E-state index is 0.122. The Morgan fingerprint density at radius 3 is 2.69 bits per heavy atom. The molecule has 0 amide bonds. The molecule has 0 aliphatic rings. The van der Waals surface area contributed by atoms with Gasteiger partial charge in [-0.25, -0.2) is 4.68 Å². The highest BCUT2D eigenvalue weighted by Gasteiger charge is 2.10. The van der Waals surface area contributed by atoms with Crippen molar-refractivity contribution in [1.82, 2.24) is 9.78 Å². The first-order valence-electron chi connectivity index (χ1n) is 9.14. The second-order valence-corrected chi connectivity index (χ2v) is 7.01. The highest BCUT2D eigenvalue weighted by molar-refractivity contribution is 6.32. The van der Waals surface area contributed by atoms with Crippen molar-refractivity contribution in [2.24, 2.45) is 0 Å². The Bertz CT molecular complexity index is 1390. The van der Waals surface area contributed by atoms with E-state index in [2.05, 4.69) is 11.7 Å². The number of hydrogen-bond acceptors (Lipinski definition) is 3. The number of phenols is 1. The second-order valence-electron chi connectivity index (χ2n) is 6.60. The second kappa shape index (κ2) is 7.53. The Hall–Kier alpha value is -3.44. The average Bonchev–Trinajstić information content (AvgIpc) is 2.99. The van der Waals surface area contributed by atoms with Gasteiger partial charge in [0.15, 0.2) is 11.5 Å². The molecule has 0 atom stereocenters. The van der Waals surface area contributed by atoms with Crippen molar-refractivity contribution in [3.63, 3.8) is 0 Å². The minimum Gasteiger partial charge on any atom is -0.503 e.